The Morgan fingerprint density at radius 3 is 2.48 bits per heavy atom. The lowest BCUT2D eigenvalue weighted by molar-refractivity contribution is 0.0728. The molecule has 0 saturated carbocycles. The van der Waals surface area contributed by atoms with E-state index >= 15 is 0 Å². The first-order valence-electron chi connectivity index (χ1n) is 9.90. The van der Waals surface area contributed by atoms with Crippen LogP contribution in [0.1, 0.15) is 33.3 Å². The zero-order valence-corrected chi connectivity index (χ0v) is 17.9. The Hall–Kier alpha value is -3.25. The molecule has 1 atom stereocenters. The number of hydrogen-bond donors (Lipinski definition) is 0. The van der Waals surface area contributed by atoms with Crippen LogP contribution < -0.4 is 5.43 Å². The van der Waals surface area contributed by atoms with Gasteiger partial charge in [0.15, 0.2) is 5.43 Å². The largest absolute Gasteiger partial charge is 0.450 e. The van der Waals surface area contributed by atoms with Gasteiger partial charge in [-0.1, -0.05) is 64.5 Å². The molecule has 1 aliphatic heterocycles. The molecule has 1 aromatic heterocycles. The summed E-state index contributed by atoms with van der Waals surface area (Å²) < 4.78 is 21.4. The lowest BCUT2D eigenvalue weighted by Gasteiger charge is -2.25. The Labute approximate surface area is 186 Å². The Morgan fingerprint density at radius 1 is 0.968 bits per heavy atom. The summed E-state index contributed by atoms with van der Waals surface area (Å²) in [6.45, 7) is 0.325. The predicted octanol–water partition coefficient (Wildman–Crippen LogP) is 5.48. The zero-order valence-electron chi connectivity index (χ0n) is 16.3. The third-order valence-electron chi connectivity index (χ3n) is 5.61. The molecule has 0 radical (unpaired) electrons. The first kappa shape index (κ1) is 19.7. The fourth-order valence-electron chi connectivity index (χ4n) is 4.14. The second-order valence-corrected chi connectivity index (χ2v) is 8.39. The fourth-order valence-corrected chi connectivity index (χ4v) is 4.50. The number of amides is 1. The van der Waals surface area contributed by atoms with E-state index in [1.807, 2.05) is 30.3 Å². The van der Waals surface area contributed by atoms with Gasteiger partial charge in [-0.15, -0.1) is 0 Å². The first-order chi connectivity index (χ1) is 15.0. The summed E-state index contributed by atoms with van der Waals surface area (Å²) in [4.78, 5) is 28.3. The summed E-state index contributed by atoms with van der Waals surface area (Å²) in [5.74, 6) is -0.881. The summed E-state index contributed by atoms with van der Waals surface area (Å²) in [5.41, 5.74) is 1.53. The number of hydrogen-bond acceptors (Lipinski definition) is 3. The van der Waals surface area contributed by atoms with Crippen LogP contribution in [0.2, 0.25) is 0 Å². The van der Waals surface area contributed by atoms with E-state index in [9.17, 15) is 14.0 Å². The van der Waals surface area contributed by atoms with Gasteiger partial charge >= 0.3 is 0 Å². The van der Waals surface area contributed by atoms with Crippen LogP contribution in [-0.4, -0.2) is 17.4 Å². The molecule has 3 aromatic carbocycles. The minimum absolute atomic E-state index is 0.0128. The molecule has 0 fully saturated rings. The SMILES string of the molecule is O=C1c2oc3ccc(Br)cc3c(=O)c2C(c2ccccc2F)N1CCc1ccccc1. The molecule has 0 spiro atoms. The van der Waals surface area contributed by atoms with E-state index in [1.54, 1.807) is 36.4 Å². The summed E-state index contributed by atoms with van der Waals surface area (Å²) in [5, 5.41) is 0.354. The Bertz CT molecular complexity index is 1370. The van der Waals surface area contributed by atoms with Gasteiger partial charge in [-0.3, -0.25) is 9.59 Å². The normalized spacial score (nSPS) is 15.5. The maximum absolute atomic E-state index is 14.8. The van der Waals surface area contributed by atoms with Gasteiger partial charge in [0.1, 0.15) is 11.4 Å². The molecule has 31 heavy (non-hydrogen) atoms. The van der Waals surface area contributed by atoms with Gasteiger partial charge in [-0.2, -0.15) is 0 Å². The third kappa shape index (κ3) is 3.37. The van der Waals surface area contributed by atoms with E-state index in [1.165, 1.54) is 11.0 Å². The second kappa shape index (κ2) is 7.78. The maximum Gasteiger partial charge on any atom is 0.290 e. The number of carbonyl (C=O) groups excluding carboxylic acids is 1. The molecule has 1 aliphatic rings. The number of carbonyl (C=O) groups is 1. The topological polar surface area (TPSA) is 50.5 Å². The molecule has 1 unspecified atom stereocenters. The van der Waals surface area contributed by atoms with Crippen molar-refractivity contribution in [3.63, 3.8) is 0 Å². The van der Waals surface area contributed by atoms with E-state index in [4.69, 9.17) is 4.42 Å². The second-order valence-electron chi connectivity index (χ2n) is 7.47. The minimum atomic E-state index is -0.841. The number of rotatable bonds is 4. The van der Waals surface area contributed by atoms with E-state index in [2.05, 4.69) is 15.9 Å². The highest BCUT2D eigenvalue weighted by Crippen LogP contribution is 2.39. The minimum Gasteiger partial charge on any atom is -0.450 e. The molecule has 4 aromatic rings. The summed E-state index contributed by atoms with van der Waals surface area (Å²) in [6, 6.07) is 20.2. The molecule has 0 N–H and O–H groups in total. The number of nitrogens with zero attached hydrogens (tertiary/aromatic N) is 1. The van der Waals surface area contributed by atoms with Crippen molar-refractivity contribution >= 4 is 32.8 Å². The quantitative estimate of drug-likeness (QED) is 0.390. The highest BCUT2D eigenvalue weighted by atomic mass is 79.9. The zero-order chi connectivity index (χ0) is 21.5. The summed E-state index contributed by atoms with van der Waals surface area (Å²) >= 11 is 3.38. The highest BCUT2D eigenvalue weighted by Gasteiger charge is 2.43. The van der Waals surface area contributed by atoms with Crippen LogP contribution in [0.5, 0.6) is 0 Å². The van der Waals surface area contributed by atoms with Crippen LogP contribution in [0.4, 0.5) is 4.39 Å². The van der Waals surface area contributed by atoms with Crippen molar-refractivity contribution in [1.29, 1.82) is 0 Å². The maximum atomic E-state index is 14.8. The molecule has 0 saturated heterocycles. The van der Waals surface area contributed by atoms with Gasteiger partial charge in [0.2, 0.25) is 5.76 Å². The molecule has 154 valence electrons. The Balaban J connectivity index is 1.68. The predicted molar refractivity (Wildman–Crippen MR) is 120 cm³/mol. The van der Waals surface area contributed by atoms with Gasteiger partial charge in [0, 0.05) is 16.6 Å². The van der Waals surface area contributed by atoms with Crippen LogP contribution in [-0.2, 0) is 6.42 Å². The number of fused-ring (bicyclic) bond motifs is 2. The van der Waals surface area contributed by atoms with Crippen molar-refractivity contribution in [2.45, 2.75) is 12.5 Å². The van der Waals surface area contributed by atoms with Crippen LogP contribution in [0.25, 0.3) is 11.0 Å². The number of halogens is 2. The van der Waals surface area contributed by atoms with Crippen LogP contribution >= 0.6 is 15.9 Å². The van der Waals surface area contributed by atoms with Crippen molar-refractivity contribution in [2.75, 3.05) is 6.54 Å². The Morgan fingerprint density at radius 2 is 1.71 bits per heavy atom. The van der Waals surface area contributed by atoms with Gasteiger partial charge in [0.05, 0.1) is 17.0 Å². The average Bonchev–Trinajstić information content (AvgIpc) is 3.06. The van der Waals surface area contributed by atoms with Crippen molar-refractivity contribution in [2.24, 2.45) is 0 Å². The molecular formula is C25H17BrFNO3. The van der Waals surface area contributed by atoms with Crippen molar-refractivity contribution in [3.8, 4) is 0 Å². The molecule has 4 nitrogen and oxygen atoms in total. The molecule has 0 bridgehead atoms. The van der Waals surface area contributed by atoms with Gasteiger partial charge in [-0.25, -0.2) is 4.39 Å². The number of benzene rings is 3. The lowest BCUT2D eigenvalue weighted by atomic mass is 9.98. The standard InChI is InChI=1S/C25H17BrFNO3/c26-16-10-11-20-18(14-16)23(29)21-22(17-8-4-5-9-19(17)27)28(25(30)24(21)31-20)13-12-15-6-2-1-3-7-15/h1-11,14,22H,12-13H2. The highest BCUT2D eigenvalue weighted by molar-refractivity contribution is 9.10. The van der Waals surface area contributed by atoms with Crippen LogP contribution in [0.15, 0.2) is 86.5 Å². The van der Waals surface area contributed by atoms with Gasteiger partial charge in [-0.05, 0) is 36.2 Å². The molecule has 6 heteroatoms. The monoisotopic (exact) mass is 477 g/mol. The average molecular weight is 478 g/mol. The Kier molecular flexibility index (Phi) is 4.94. The van der Waals surface area contributed by atoms with Crippen LogP contribution in [0.3, 0.4) is 0 Å². The summed E-state index contributed by atoms with van der Waals surface area (Å²) in [6.07, 6.45) is 0.574. The van der Waals surface area contributed by atoms with Gasteiger partial charge < -0.3 is 9.32 Å². The van der Waals surface area contributed by atoms with Crippen molar-refractivity contribution in [1.82, 2.24) is 4.90 Å². The molecule has 2 heterocycles. The smallest absolute Gasteiger partial charge is 0.290 e. The third-order valence-corrected chi connectivity index (χ3v) is 6.10. The molecule has 5 rings (SSSR count). The molecular weight excluding hydrogens is 461 g/mol. The van der Waals surface area contributed by atoms with Crippen molar-refractivity contribution in [3.05, 3.63) is 116 Å². The first-order valence-corrected chi connectivity index (χ1v) is 10.7. The lowest BCUT2D eigenvalue weighted by Crippen LogP contribution is -2.32. The van der Waals surface area contributed by atoms with Crippen molar-refractivity contribution < 1.29 is 13.6 Å². The van der Waals surface area contributed by atoms with E-state index in [0.717, 1.165) is 10.0 Å². The summed E-state index contributed by atoms with van der Waals surface area (Å²) in [7, 11) is 0. The van der Waals surface area contributed by atoms with Gasteiger partial charge in [0.25, 0.3) is 5.91 Å². The van der Waals surface area contributed by atoms with Crippen LogP contribution in [0, 0.1) is 5.82 Å². The van der Waals surface area contributed by atoms with E-state index < -0.39 is 17.8 Å². The fraction of sp³-hybridized carbons (Fsp3) is 0.120. The van der Waals surface area contributed by atoms with E-state index in [-0.39, 0.29) is 22.3 Å². The molecule has 0 aliphatic carbocycles. The molecule has 1 amide bonds. The van der Waals surface area contributed by atoms with E-state index in [0.29, 0.717) is 23.9 Å².